The van der Waals surface area contributed by atoms with Gasteiger partial charge in [-0.2, -0.15) is 0 Å². The van der Waals surface area contributed by atoms with Gasteiger partial charge in [0, 0.05) is 17.1 Å². The number of anilines is 2. The van der Waals surface area contributed by atoms with Gasteiger partial charge in [-0.1, -0.05) is 133 Å². The van der Waals surface area contributed by atoms with Crippen LogP contribution in [0.15, 0.2) is 170 Å². The Balaban J connectivity index is 1.52. The van der Waals surface area contributed by atoms with Gasteiger partial charge >= 0.3 is 0 Å². The van der Waals surface area contributed by atoms with E-state index in [0.29, 0.717) is 0 Å². The van der Waals surface area contributed by atoms with Crippen molar-refractivity contribution in [1.82, 2.24) is 0 Å². The van der Waals surface area contributed by atoms with Gasteiger partial charge in [0.05, 0.1) is 0 Å². The van der Waals surface area contributed by atoms with E-state index in [-0.39, 0.29) is 0 Å². The highest BCUT2D eigenvalue weighted by Crippen LogP contribution is 2.34. The standard InChI is InChI=1S/C38H33N/c1-3-30(31-14-8-5-9-15-31)20-25-36(4-2)39(37-26-21-34(22-27-37)32-16-10-6-11-17-32)38-28-23-35(24-29-38)33-18-12-7-13-19-33/h3-29H,1-2H3/b25-20-,30-3+,36-4?. The van der Waals surface area contributed by atoms with E-state index < -0.39 is 0 Å². The van der Waals surface area contributed by atoms with Crippen molar-refractivity contribution in [2.75, 3.05) is 4.90 Å². The Morgan fingerprint density at radius 1 is 0.436 bits per heavy atom. The van der Waals surface area contributed by atoms with Gasteiger partial charge < -0.3 is 4.90 Å². The van der Waals surface area contributed by atoms with E-state index in [9.17, 15) is 0 Å². The molecule has 0 fully saturated rings. The van der Waals surface area contributed by atoms with Gasteiger partial charge in [0.2, 0.25) is 0 Å². The highest BCUT2D eigenvalue weighted by atomic mass is 15.1. The number of rotatable bonds is 8. The van der Waals surface area contributed by atoms with Crippen LogP contribution in [-0.2, 0) is 0 Å². The third kappa shape index (κ3) is 6.17. The monoisotopic (exact) mass is 503 g/mol. The molecule has 0 aromatic heterocycles. The summed E-state index contributed by atoms with van der Waals surface area (Å²) < 4.78 is 0. The Kier molecular flexibility index (Phi) is 8.31. The zero-order valence-corrected chi connectivity index (χ0v) is 22.5. The number of nitrogens with zero attached hydrogens (tertiary/aromatic N) is 1. The predicted octanol–water partition coefficient (Wildman–Crippen LogP) is 10.7. The zero-order chi connectivity index (χ0) is 26.9. The molecule has 190 valence electrons. The minimum atomic E-state index is 1.10. The molecule has 0 heterocycles. The Morgan fingerprint density at radius 3 is 1.26 bits per heavy atom. The zero-order valence-electron chi connectivity index (χ0n) is 22.5. The molecule has 1 nitrogen and oxygen atoms in total. The predicted molar refractivity (Wildman–Crippen MR) is 169 cm³/mol. The highest BCUT2D eigenvalue weighted by Gasteiger charge is 2.14. The highest BCUT2D eigenvalue weighted by molar-refractivity contribution is 5.78. The number of allylic oxidation sites excluding steroid dienone is 5. The topological polar surface area (TPSA) is 3.24 Å². The first-order chi connectivity index (χ1) is 19.3. The van der Waals surface area contributed by atoms with E-state index in [4.69, 9.17) is 0 Å². The molecule has 0 aliphatic heterocycles. The van der Waals surface area contributed by atoms with E-state index in [2.05, 4.69) is 183 Å². The first-order valence-corrected chi connectivity index (χ1v) is 13.4. The number of hydrogen-bond acceptors (Lipinski definition) is 1. The molecule has 0 atom stereocenters. The van der Waals surface area contributed by atoms with E-state index in [0.717, 1.165) is 17.1 Å². The van der Waals surface area contributed by atoms with Gasteiger partial charge in [-0.3, -0.25) is 0 Å². The maximum absolute atomic E-state index is 2.32. The molecular formula is C38H33N. The van der Waals surface area contributed by atoms with Crippen molar-refractivity contribution >= 4 is 16.9 Å². The number of benzene rings is 5. The van der Waals surface area contributed by atoms with Crippen molar-refractivity contribution < 1.29 is 0 Å². The summed E-state index contributed by atoms with van der Waals surface area (Å²) in [5, 5.41) is 0. The van der Waals surface area contributed by atoms with Crippen LogP contribution < -0.4 is 4.90 Å². The molecule has 0 N–H and O–H groups in total. The van der Waals surface area contributed by atoms with Crippen LogP contribution in [0.4, 0.5) is 11.4 Å². The van der Waals surface area contributed by atoms with Crippen LogP contribution in [0, 0.1) is 0 Å². The van der Waals surface area contributed by atoms with Gasteiger partial charge in [-0.05, 0) is 77.6 Å². The van der Waals surface area contributed by atoms with Crippen LogP contribution in [-0.4, -0.2) is 0 Å². The summed E-state index contributed by atoms with van der Waals surface area (Å²) in [5.41, 5.74) is 10.6. The third-order valence-corrected chi connectivity index (χ3v) is 6.87. The second-order valence-electron chi connectivity index (χ2n) is 9.32. The Bertz CT molecular complexity index is 1480. The molecule has 0 bridgehead atoms. The average Bonchev–Trinajstić information content (AvgIpc) is 3.02. The molecule has 5 aromatic carbocycles. The van der Waals surface area contributed by atoms with Crippen molar-refractivity contribution in [2.45, 2.75) is 13.8 Å². The lowest BCUT2D eigenvalue weighted by atomic mass is 10.0. The van der Waals surface area contributed by atoms with Crippen molar-refractivity contribution in [2.24, 2.45) is 0 Å². The third-order valence-electron chi connectivity index (χ3n) is 6.87. The van der Waals surface area contributed by atoms with Crippen LogP contribution in [0.1, 0.15) is 19.4 Å². The fourth-order valence-electron chi connectivity index (χ4n) is 4.78. The minimum absolute atomic E-state index is 1.10. The van der Waals surface area contributed by atoms with Crippen molar-refractivity contribution in [3.63, 3.8) is 0 Å². The summed E-state index contributed by atoms with van der Waals surface area (Å²) in [6.45, 7) is 4.19. The molecule has 5 rings (SSSR count). The summed E-state index contributed by atoms with van der Waals surface area (Å²) in [7, 11) is 0. The largest absolute Gasteiger partial charge is 0.311 e. The Labute approximate surface area is 232 Å². The summed E-state index contributed by atoms with van der Waals surface area (Å²) >= 11 is 0. The maximum Gasteiger partial charge on any atom is 0.0461 e. The molecule has 0 aliphatic carbocycles. The first kappa shape index (κ1) is 25.8. The molecule has 0 saturated heterocycles. The quantitative estimate of drug-likeness (QED) is 0.190. The molecule has 0 spiro atoms. The summed E-state index contributed by atoms with van der Waals surface area (Å²) in [4.78, 5) is 2.32. The van der Waals surface area contributed by atoms with Gasteiger partial charge in [0.25, 0.3) is 0 Å². The molecule has 0 aliphatic rings. The normalized spacial score (nSPS) is 12.1. The van der Waals surface area contributed by atoms with Gasteiger partial charge in [0.1, 0.15) is 0 Å². The van der Waals surface area contributed by atoms with Crippen LogP contribution in [0.5, 0.6) is 0 Å². The second kappa shape index (κ2) is 12.6. The maximum atomic E-state index is 2.32. The average molecular weight is 504 g/mol. The molecular weight excluding hydrogens is 470 g/mol. The summed E-state index contributed by atoms with van der Waals surface area (Å²) in [6.07, 6.45) is 8.74. The minimum Gasteiger partial charge on any atom is -0.311 e. The van der Waals surface area contributed by atoms with Crippen LogP contribution >= 0.6 is 0 Å². The lowest BCUT2D eigenvalue weighted by molar-refractivity contribution is 1.20. The van der Waals surface area contributed by atoms with Gasteiger partial charge in [0.15, 0.2) is 0 Å². The van der Waals surface area contributed by atoms with E-state index in [1.54, 1.807) is 0 Å². The van der Waals surface area contributed by atoms with Crippen molar-refractivity contribution in [3.05, 3.63) is 175 Å². The lowest BCUT2D eigenvalue weighted by Gasteiger charge is -2.27. The molecule has 0 radical (unpaired) electrons. The van der Waals surface area contributed by atoms with E-state index in [1.807, 2.05) is 0 Å². The molecule has 39 heavy (non-hydrogen) atoms. The van der Waals surface area contributed by atoms with Crippen molar-refractivity contribution in [1.29, 1.82) is 0 Å². The first-order valence-electron chi connectivity index (χ1n) is 13.4. The second-order valence-corrected chi connectivity index (χ2v) is 9.32. The van der Waals surface area contributed by atoms with Gasteiger partial charge in [-0.25, -0.2) is 0 Å². The smallest absolute Gasteiger partial charge is 0.0461 e. The van der Waals surface area contributed by atoms with E-state index >= 15 is 0 Å². The molecule has 0 saturated carbocycles. The van der Waals surface area contributed by atoms with Crippen LogP contribution in [0.2, 0.25) is 0 Å². The van der Waals surface area contributed by atoms with E-state index in [1.165, 1.54) is 33.4 Å². The SMILES string of the molecule is CC=C(/C=C\C(=C/C)c1ccccc1)N(c1ccc(-c2ccccc2)cc1)c1ccc(-c2ccccc2)cc1. The summed E-state index contributed by atoms with van der Waals surface area (Å²) in [6, 6.07) is 49.2. The van der Waals surface area contributed by atoms with Crippen LogP contribution in [0.3, 0.4) is 0 Å². The fourth-order valence-corrected chi connectivity index (χ4v) is 4.78. The van der Waals surface area contributed by atoms with Gasteiger partial charge in [-0.15, -0.1) is 0 Å². The lowest BCUT2D eigenvalue weighted by Crippen LogP contribution is -2.15. The van der Waals surface area contributed by atoms with Crippen molar-refractivity contribution in [3.8, 4) is 22.3 Å². The molecule has 1 heteroatoms. The Hall–Kier alpha value is -4.88. The molecule has 0 unspecified atom stereocenters. The molecule has 0 amide bonds. The molecule has 5 aromatic rings. The fraction of sp³-hybridized carbons (Fsp3) is 0.0526. The Morgan fingerprint density at radius 2 is 0.846 bits per heavy atom. The number of hydrogen-bond donors (Lipinski definition) is 0. The van der Waals surface area contributed by atoms with Crippen LogP contribution in [0.25, 0.3) is 27.8 Å². The summed E-state index contributed by atoms with van der Waals surface area (Å²) in [5.74, 6) is 0.